The fourth-order valence-corrected chi connectivity index (χ4v) is 2.43. The van der Waals surface area contributed by atoms with Gasteiger partial charge in [0, 0.05) is 12.6 Å². The fraction of sp³-hybridized carbons (Fsp3) is 0.500. The Balaban J connectivity index is 2.75. The largest absolute Gasteiger partial charge is 0.313 e. The first kappa shape index (κ1) is 16.2. The SMILES string of the molecule is CC(C)NCC(C)S(=O)(=O)Nc1ccc(Cl)c(F)c1. The Labute approximate surface area is 118 Å². The number of hydrogen-bond donors (Lipinski definition) is 2. The van der Waals surface area contributed by atoms with Crippen LogP contribution in [0, 0.1) is 5.82 Å². The molecule has 1 atom stereocenters. The van der Waals surface area contributed by atoms with Crippen LogP contribution in [0.3, 0.4) is 0 Å². The summed E-state index contributed by atoms with van der Waals surface area (Å²) in [6, 6.07) is 3.99. The highest BCUT2D eigenvalue weighted by Crippen LogP contribution is 2.20. The van der Waals surface area contributed by atoms with Crippen molar-refractivity contribution in [1.29, 1.82) is 0 Å². The second-order valence-electron chi connectivity index (χ2n) is 4.65. The van der Waals surface area contributed by atoms with Gasteiger partial charge >= 0.3 is 0 Å². The zero-order valence-corrected chi connectivity index (χ0v) is 12.6. The molecule has 1 rings (SSSR count). The predicted octanol–water partition coefficient (Wildman–Crippen LogP) is 2.61. The molecular formula is C12H18ClFN2O2S. The smallest absolute Gasteiger partial charge is 0.236 e. The topological polar surface area (TPSA) is 58.2 Å². The summed E-state index contributed by atoms with van der Waals surface area (Å²) in [5, 5.41) is 2.37. The van der Waals surface area contributed by atoms with E-state index in [9.17, 15) is 12.8 Å². The Morgan fingerprint density at radius 1 is 1.32 bits per heavy atom. The van der Waals surface area contributed by atoms with Crippen molar-refractivity contribution >= 4 is 27.3 Å². The van der Waals surface area contributed by atoms with Gasteiger partial charge in [0.15, 0.2) is 0 Å². The lowest BCUT2D eigenvalue weighted by atomic mass is 10.3. The molecule has 0 aliphatic rings. The molecule has 1 aromatic carbocycles. The van der Waals surface area contributed by atoms with Crippen molar-refractivity contribution in [1.82, 2.24) is 5.32 Å². The van der Waals surface area contributed by atoms with Gasteiger partial charge in [-0.25, -0.2) is 12.8 Å². The van der Waals surface area contributed by atoms with Crippen molar-refractivity contribution in [2.45, 2.75) is 32.1 Å². The Bertz CT molecular complexity index is 535. The van der Waals surface area contributed by atoms with Crippen LogP contribution in [-0.4, -0.2) is 26.3 Å². The maximum atomic E-state index is 13.2. The first-order chi connectivity index (χ1) is 8.72. The van der Waals surface area contributed by atoms with Crippen LogP contribution in [-0.2, 0) is 10.0 Å². The van der Waals surface area contributed by atoms with Gasteiger partial charge in [0.05, 0.1) is 16.0 Å². The summed E-state index contributed by atoms with van der Waals surface area (Å²) >= 11 is 5.54. The third-order valence-corrected chi connectivity index (χ3v) is 4.58. The summed E-state index contributed by atoms with van der Waals surface area (Å²) in [6.45, 7) is 5.77. The molecule has 1 unspecified atom stereocenters. The van der Waals surface area contributed by atoms with E-state index in [1.165, 1.54) is 12.1 Å². The number of halogens is 2. The summed E-state index contributed by atoms with van der Waals surface area (Å²) in [7, 11) is -3.56. The molecule has 0 aliphatic carbocycles. The van der Waals surface area contributed by atoms with E-state index in [1.807, 2.05) is 13.8 Å². The highest BCUT2D eigenvalue weighted by atomic mass is 35.5. The molecule has 0 aromatic heterocycles. The van der Waals surface area contributed by atoms with Gasteiger partial charge < -0.3 is 5.32 Å². The normalized spacial score (nSPS) is 13.6. The molecule has 4 nitrogen and oxygen atoms in total. The van der Waals surface area contributed by atoms with Crippen LogP contribution in [0.4, 0.5) is 10.1 Å². The standard InChI is InChI=1S/C12H18ClFN2O2S/c1-8(2)15-7-9(3)19(17,18)16-10-4-5-11(13)12(14)6-10/h4-6,8-9,15-16H,7H2,1-3H3. The van der Waals surface area contributed by atoms with Gasteiger partial charge in [-0.1, -0.05) is 25.4 Å². The molecule has 0 saturated carbocycles. The molecule has 19 heavy (non-hydrogen) atoms. The first-order valence-electron chi connectivity index (χ1n) is 5.92. The molecule has 0 amide bonds. The maximum absolute atomic E-state index is 13.2. The van der Waals surface area contributed by atoms with Crippen LogP contribution in [0.15, 0.2) is 18.2 Å². The summed E-state index contributed by atoms with van der Waals surface area (Å²) < 4.78 is 39.6. The molecule has 0 spiro atoms. The van der Waals surface area contributed by atoms with Crippen LogP contribution >= 0.6 is 11.6 Å². The van der Waals surface area contributed by atoms with Crippen molar-refractivity contribution in [2.24, 2.45) is 0 Å². The lowest BCUT2D eigenvalue weighted by molar-refractivity contribution is 0.553. The van der Waals surface area contributed by atoms with Gasteiger partial charge in [0.1, 0.15) is 5.82 Å². The molecule has 0 radical (unpaired) electrons. The zero-order valence-electron chi connectivity index (χ0n) is 11.1. The van der Waals surface area contributed by atoms with Crippen molar-refractivity contribution in [2.75, 3.05) is 11.3 Å². The van der Waals surface area contributed by atoms with E-state index in [0.717, 1.165) is 6.07 Å². The molecule has 108 valence electrons. The molecule has 1 aromatic rings. The van der Waals surface area contributed by atoms with Crippen LogP contribution < -0.4 is 10.0 Å². The highest BCUT2D eigenvalue weighted by Gasteiger charge is 2.21. The van der Waals surface area contributed by atoms with E-state index in [1.54, 1.807) is 6.92 Å². The number of benzene rings is 1. The number of nitrogens with one attached hydrogen (secondary N) is 2. The summed E-state index contributed by atoms with van der Waals surface area (Å²) in [5.41, 5.74) is 0.165. The van der Waals surface area contributed by atoms with Gasteiger partial charge in [-0.05, 0) is 25.1 Å². The average Bonchev–Trinajstić information content (AvgIpc) is 2.30. The minimum atomic E-state index is -3.56. The van der Waals surface area contributed by atoms with Gasteiger partial charge in [0.25, 0.3) is 0 Å². The van der Waals surface area contributed by atoms with E-state index in [-0.39, 0.29) is 16.8 Å². The zero-order chi connectivity index (χ0) is 14.6. The molecule has 0 fully saturated rings. The average molecular weight is 309 g/mol. The van der Waals surface area contributed by atoms with Crippen LogP contribution in [0.5, 0.6) is 0 Å². The second-order valence-corrected chi connectivity index (χ2v) is 7.16. The van der Waals surface area contributed by atoms with Gasteiger partial charge in [0.2, 0.25) is 10.0 Å². The fourth-order valence-electron chi connectivity index (χ4n) is 1.34. The van der Waals surface area contributed by atoms with E-state index in [0.29, 0.717) is 6.54 Å². The molecule has 7 heteroatoms. The second kappa shape index (κ2) is 6.54. The Morgan fingerprint density at radius 2 is 1.95 bits per heavy atom. The number of rotatable bonds is 6. The molecule has 0 saturated heterocycles. The number of hydrogen-bond acceptors (Lipinski definition) is 3. The van der Waals surface area contributed by atoms with E-state index < -0.39 is 21.1 Å². The molecule has 0 heterocycles. The van der Waals surface area contributed by atoms with E-state index >= 15 is 0 Å². The van der Waals surface area contributed by atoms with Gasteiger partial charge in [-0.15, -0.1) is 0 Å². The van der Waals surface area contributed by atoms with Crippen molar-refractivity contribution < 1.29 is 12.8 Å². The molecule has 2 N–H and O–H groups in total. The Hall–Kier alpha value is -0.850. The minimum Gasteiger partial charge on any atom is -0.313 e. The third-order valence-electron chi connectivity index (χ3n) is 2.52. The van der Waals surface area contributed by atoms with Crippen molar-refractivity contribution in [3.8, 4) is 0 Å². The predicted molar refractivity (Wildman–Crippen MR) is 76.6 cm³/mol. The van der Waals surface area contributed by atoms with Gasteiger partial charge in [-0.2, -0.15) is 0 Å². The van der Waals surface area contributed by atoms with Crippen LogP contribution in [0.1, 0.15) is 20.8 Å². The van der Waals surface area contributed by atoms with Gasteiger partial charge in [-0.3, -0.25) is 4.72 Å². The van der Waals surface area contributed by atoms with Crippen molar-refractivity contribution in [3.05, 3.63) is 29.0 Å². The Kier molecular flexibility index (Phi) is 5.58. The Morgan fingerprint density at radius 3 is 2.47 bits per heavy atom. The lowest BCUT2D eigenvalue weighted by Gasteiger charge is -2.17. The quantitative estimate of drug-likeness (QED) is 0.849. The highest BCUT2D eigenvalue weighted by molar-refractivity contribution is 7.93. The summed E-state index contributed by atoms with van der Waals surface area (Å²) in [4.78, 5) is 0. The first-order valence-corrected chi connectivity index (χ1v) is 7.85. The third kappa shape index (κ3) is 4.97. The number of sulfonamides is 1. The maximum Gasteiger partial charge on any atom is 0.236 e. The van der Waals surface area contributed by atoms with Crippen molar-refractivity contribution in [3.63, 3.8) is 0 Å². The van der Waals surface area contributed by atoms with Crippen LogP contribution in [0.25, 0.3) is 0 Å². The monoisotopic (exact) mass is 308 g/mol. The summed E-state index contributed by atoms with van der Waals surface area (Å²) in [5.74, 6) is -0.658. The summed E-state index contributed by atoms with van der Waals surface area (Å²) in [6.07, 6.45) is 0. The molecular weight excluding hydrogens is 291 g/mol. The molecule has 0 bridgehead atoms. The van der Waals surface area contributed by atoms with Crippen LogP contribution in [0.2, 0.25) is 5.02 Å². The lowest BCUT2D eigenvalue weighted by Crippen LogP contribution is -2.37. The minimum absolute atomic E-state index is 0.0440. The van der Waals surface area contributed by atoms with E-state index in [4.69, 9.17) is 11.6 Å². The number of anilines is 1. The van der Waals surface area contributed by atoms with E-state index in [2.05, 4.69) is 10.0 Å². The molecule has 0 aliphatic heterocycles.